The van der Waals surface area contributed by atoms with Crippen LogP contribution in [-0.2, 0) is 41.9 Å². The van der Waals surface area contributed by atoms with E-state index in [0.29, 0.717) is 48.1 Å². The number of imidazole rings is 1. The molecular weight excluding hydrogens is 885 g/mol. The van der Waals surface area contributed by atoms with Gasteiger partial charge in [-0.1, -0.05) is 66.7 Å². The SMILES string of the molecule is CC(C)(C)OC(=O)n1c(C(=O)Cc2ccccc2)nc2cc3c(cc21)CN=C3c1ccncc1.O=C(Cc1ccccc1)C1=Nc2cc3c(cc2C1)CN=C3Br.OB(O)c1ccncc1. The number of pyridine rings is 2. The molecule has 3 aliphatic heterocycles. The molecule has 0 radical (unpaired) electrons. The van der Waals surface area contributed by atoms with E-state index >= 15 is 0 Å². The second kappa shape index (κ2) is 19.4. The summed E-state index contributed by atoms with van der Waals surface area (Å²) < 4.78 is 7.82. The summed E-state index contributed by atoms with van der Waals surface area (Å²) in [5.74, 6) is -0.0779. The second-order valence-corrected chi connectivity index (χ2v) is 17.2. The fourth-order valence-corrected chi connectivity index (χ4v) is 8.00. The van der Waals surface area contributed by atoms with Crippen molar-refractivity contribution in [3.8, 4) is 0 Å². The van der Waals surface area contributed by atoms with Gasteiger partial charge in [-0.3, -0.25) is 29.5 Å². The van der Waals surface area contributed by atoms with Crippen molar-refractivity contribution in [3.05, 3.63) is 184 Å². The van der Waals surface area contributed by atoms with Crippen LogP contribution in [0.4, 0.5) is 10.5 Å². The topological polar surface area (TPSA) is 182 Å². The summed E-state index contributed by atoms with van der Waals surface area (Å²) in [6.07, 6.45) is 7.03. The van der Waals surface area contributed by atoms with E-state index in [1.165, 1.54) is 22.5 Å². The number of carbonyl (C=O) groups is 3. The molecule has 13 nitrogen and oxygen atoms in total. The van der Waals surface area contributed by atoms with Crippen molar-refractivity contribution in [2.75, 3.05) is 0 Å². The van der Waals surface area contributed by atoms with Gasteiger partial charge in [0.05, 0.1) is 41.2 Å². The average molecular weight is 929 g/mol. The molecule has 0 amide bonds. The molecular formula is C50H43BBrN7O6. The highest BCUT2D eigenvalue weighted by Gasteiger charge is 2.29. The molecule has 3 aliphatic rings. The van der Waals surface area contributed by atoms with Gasteiger partial charge in [0.1, 0.15) is 10.2 Å². The first-order valence-corrected chi connectivity index (χ1v) is 21.7. The van der Waals surface area contributed by atoms with Crippen molar-refractivity contribution in [1.29, 1.82) is 0 Å². The van der Waals surface area contributed by atoms with Crippen molar-refractivity contribution in [2.45, 2.75) is 58.7 Å². The van der Waals surface area contributed by atoms with Crippen LogP contribution in [-0.4, -0.2) is 76.0 Å². The predicted octanol–water partition coefficient (Wildman–Crippen LogP) is 7.53. The molecule has 0 fully saturated rings. The van der Waals surface area contributed by atoms with Gasteiger partial charge in [-0.05, 0) is 112 Å². The normalized spacial score (nSPS) is 13.2. The molecule has 15 heteroatoms. The molecule has 10 rings (SSSR count). The highest BCUT2D eigenvalue weighted by molar-refractivity contribution is 9.18. The highest BCUT2D eigenvalue weighted by atomic mass is 79.9. The van der Waals surface area contributed by atoms with E-state index in [0.717, 1.165) is 55.0 Å². The molecule has 2 N–H and O–H groups in total. The maximum absolute atomic E-state index is 13.3. The molecule has 3 aromatic heterocycles. The van der Waals surface area contributed by atoms with Gasteiger partial charge in [0.15, 0.2) is 11.6 Å². The Hall–Kier alpha value is -7.07. The molecule has 0 aliphatic carbocycles. The molecule has 6 heterocycles. The lowest BCUT2D eigenvalue weighted by Crippen LogP contribution is -2.29. The van der Waals surface area contributed by atoms with E-state index in [9.17, 15) is 14.4 Å². The number of aliphatic imine (C=N–C) groups is 3. The minimum Gasteiger partial charge on any atom is -0.443 e. The smallest absolute Gasteiger partial charge is 0.443 e. The van der Waals surface area contributed by atoms with E-state index in [2.05, 4.69) is 46.9 Å². The van der Waals surface area contributed by atoms with E-state index in [-0.39, 0.29) is 23.8 Å². The Bertz CT molecular complexity index is 3010. The minimum absolute atomic E-state index is 0.0687. The number of ether oxygens (including phenoxy) is 1. The summed E-state index contributed by atoms with van der Waals surface area (Å²) in [6.45, 7) is 6.57. The summed E-state index contributed by atoms with van der Waals surface area (Å²) in [7, 11) is -1.38. The van der Waals surface area contributed by atoms with Crippen molar-refractivity contribution < 1.29 is 29.2 Å². The average Bonchev–Trinajstić information content (AvgIpc) is 4.10. The maximum Gasteiger partial charge on any atom is 0.488 e. The Labute approximate surface area is 384 Å². The quantitative estimate of drug-likeness (QED) is 0.115. The zero-order valence-electron chi connectivity index (χ0n) is 35.9. The highest BCUT2D eigenvalue weighted by Crippen LogP contribution is 2.34. The summed E-state index contributed by atoms with van der Waals surface area (Å²) in [5, 5.41) is 17.1. The van der Waals surface area contributed by atoms with Gasteiger partial charge in [0.25, 0.3) is 0 Å². The maximum atomic E-state index is 13.3. The Morgan fingerprint density at radius 2 is 1.32 bits per heavy atom. The van der Waals surface area contributed by atoms with Gasteiger partial charge < -0.3 is 14.8 Å². The number of carbonyl (C=O) groups excluding carboxylic acids is 3. The number of benzene rings is 4. The van der Waals surface area contributed by atoms with Crippen molar-refractivity contribution in [2.24, 2.45) is 15.0 Å². The van der Waals surface area contributed by atoms with E-state index < -0.39 is 18.8 Å². The van der Waals surface area contributed by atoms with Gasteiger partial charge in [-0.25, -0.2) is 19.3 Å². The van der Waals surface area contributed by atoms with Gasteiger partial charge in [-0.2, -0.15) is 0 Å². The molecule has 0 spiro atoms. The largest absolute Gasteiger partial charge is 0.488 e. The fourth-order valence-electron chi connectivity index (χ4n) is 7.50. The first kappa shape index (κ1) is 44.5. The zero-order valence-corrected chi connectivity index (χ0v) is 37.4. The summed E-state index contributed by atoms with van der Waals surface area (Å²) >= 11 is 3.47. The second-order valence-electron chi connectivity index (χ2n) is 16.5. The molecule has 4 aromatic carbocycles. The van der Waals surface area contributed by atoms with Crippen LogP contribution in [0.1, 0.15) is 75.9 Å². The molecule has 0 saturated heterocycles. The number of hydrogen-bond acceptors (Lipinski definition) is 12. The first-order valence-electron chi connectivity index (χ1n) is 20.9. The molecule has 324 valence electrons. The van der Waals surface area contributed by atoms with Crippen LogP contribution in [0.2, 0.25) is 0 Å². The summed E-state index contributed by atoms with van der Waals surface area (Å²) in [6, 6.07) is 34.1. The molecule has 0 saturated carbocycles. The van der Waals surface area contributed by atoms with Crippen LogP contribution in [0, 0.1) is 0 Å². The summed E-state index contributed by atoms with van der Waals surface area (Å²) in [5.41, 5.74) is 11.4. The van der Waals surface area contributed by atoms with Crippen molar-refractivity contribution >= 4 is 78.9 Å². The number of halogens is 1. The van der Waals surface area contributed by atoms with Crippen LogP contribution in [0.15, 0.2) is 149 Å². The number of ketones is 2. The van der Waals surface area contributed by atoms with Crippen molar-refractivity contribution in [3.63, 3.8) is 0 Å². The van der Waals surface area contributed by atoms with Gasteiger partial charge in [0.2, 0.25) is 5.78 Å². The van der Waals surface area contributed by atoms with E-state index in [1.54, 1.807) is 45.3 Å². The molecule has 0 atom stereocenters. The minimum atomic E-state index is -1.38. The third-order valence-corrected chi connectivity index (χ3v) is 11.3. The predicted molar refractivity (Wildman–Crippen MR) is 255 cm³/mol. The Morgan fingerprint density at radius 3 is 1.94 bits per heavy atom. The Morgan fingerprint density at radius 1 is 0.723 bits per heavy atom. The van der Waals surface area contributed by atoms with E-state index in [1.807, 2.05) is 91.0 Å². The van der Waals surface area contributed by atoms with E-state index in [4.69, 9.17) is 19.8 Å². The van der Waals surface area contributed by atoms with Crippen LogP contribution < -0.4 is 5.46 Å². The monoisotopic (exact) mass is 927 g/mol. The van der Waals surface area contributed by atoms with Gasteiger partial charge >= 0.3 is 13.2 Å². The third-order valence-electron chi connectivity index (χ3n) is 10.6. The van der Waals surface area contributed by atoms with Crippen LogP contribution in [0.3, 0.4) is 0 Å². The Balaban J connectivity index is 0.000000157. The van der Waals surface area contributed by atoms with Gasteiger partial charge in [-0.15, -0.1) is 0 Å². The fraction of sp³-hybridized carbons (Fsp3) is 0.180. The van der Waals surface area contributed by atoms with Gasteiger partial charge in [0, 0.05) is 60.7 Å². The number of rotatable bonds is 8. The molecule has 0 bridgehead atoms. The molecule has 7 aromatic rings. The standard InChI is InChI=1S/C27H24N4O3.C18H13BrN2O.C5H6BNO2/c1-27(2,3)34-26(33)31-22-14-19-16-29-24(18-9-11-28-12-10-18)20(19)15-21(22)30-25(31)23(32)13-17-7-5-4-6-8-17;19-18-14-9-15-12(7-13(14)10-20-18)8-16(21-15)17(22)6-11-4-2-1-3-5-11;8-6(9)5-1-3-7-4-2-5/h4-12,14-15H,13,16H2,1-3H3;1-5,7,9H,6,8,10H2;1-4,8-9H. The number of hydrogen-bond donors (Lipinski definition) is 2. The number of fused-ring (bicyclic) bond motifs is 4. The third kappa shape index (κ3) is 10.5. The van der Waals surface area contributed by atoms with Crippen LogP contribution in [0.5, 0.6) is 0 Å². The van der Waals surface area contributed by atoms with Crippen LogP contribution in [0.25, 0.3) is 11.0 Å². The lowest BCUT2D eigenvalue weighted by atomic mass is 9.81. The summed E-state index contributed by atoms with van der Waals surface area (Å²) in [4.78, 5) is 65.0. The zero-order chi connectivity index (χ0) is 45.7. The Kier molecular flexibility index (Phi) is 13.3. The van der Waals surface area contributed by atoms with Crippen LogP contribution >= 0.6 is 15.9 Å². The molecule has 0 unspecified atom stereocenters. The number of Topliss-reactive ketones (excluding diaryl/α,β-unsaturated/α-hetero) is 2. The first-order chi connectivity index (χ1) is 31.3. The lowest BCUT2D eigenvalue weighted by Gasteiger charge is -2.20. The molecule has 65 heavy (non-hydrogen) atoms. The number of nitrogens with zero attached hydrogens (tertiary/aromatic N) is 7. The lowest BCUT2D eigenvalue weighted by molar-refractivity contribution is -0.112. The number of aromatic nitrogens is 4. The van der Waals surface area contributed by atoms with Crippen molar-refractivity contribution in [1.82, 2.24) is 19.5 Å².